The zero-order chi connectivity index (χ0) is 20.1. The summed E-state index contributed by atoms with van der Waals surface area (Å²) < 4.78 is 5.17. The van der Waals surface area contributed by atoms with Crippen molar-refractivity contribution in [1.29, 1.82) is 0 Å². The summed E-state index contributed by atoms with van der Waals surface area (Å²) in [5, 5.41) is 9.61. The van der Waals surface area contributed by atoms with Gasteiger partial charge in [0.05, 0.1) is 12.1 Å². The molecule has 0 bridgehead atoms. The maximum Gasteiger partial charge on any atom is 0.229 e. The average Bonchev–Trinajstić information content (AvgIpc) is 2.63. The molecule has 7 nitrogen and oxygen atoms in total. The fourth-order valence-corrected chi connectivity index (χ4v) is 2.81. The SMILES string of the molecule is COc1ccc(Nc2cc(C)nc(Nc3ccc(NC(C)=O)cc3)n2)cc1Cl. The van der Waals surface area contributed by atoms with E-state index in [4.69, 9.17) is 16.3 Å². The van der Waals surface area contributed by atoms with Crippen LogP contribution >= 0.6 is 11.6 Å². The molecule has 0 aliphatic heterocycles. The van der Waals surface area contributed by atoms with Gasteiger partial charge in [-0.25, -0.2) is 4.98 Å². The number of anilines is 5. The van der Waals surface area contributed by atoms with Crippen molar-refractivity contribution in [1.82, 2.24) is 9.97 Å². The van der Waals surface area contributed by atoms with Crippen molar-refractivity contribution in [3.8, 4) is 5.75 Å². The lowest BCUT2D eigenvalue weighted by atomic mass is 10.3. The first kappa shape index (κ1) is 19.4. The van der Waals surface area contributed by atoms with Gasteiger partial charge in [0.25, 0.3) is 0 Å². The van der Waals surface area contributed by atoms with Gasteiger partial charge in [0.2, 0.25) is 11.9 Å². The second-order valence-corrected chi connectivity index (χ2v) is 6.48. The zero-order valence-corrected chi connectivity index (χ0v) is 16.5. The summed E-state index contributed by atoms with van der Waals surface area (Å²) in [5.74, 6) is 1.58. The van der Waals surface area contributed by atoms with Gasteiger partial charge in [0.1, 0.15) is 11.6 Å². The number of hydrogen-bond donors (Lipinski definition) is 3. The highest BCUT2D eigenvalue weighted by atomic mass is 35.5. The molecule has 3 aromatic rings. The van der Waals surface area contributed by atoms with Crippen LogP contribution in [-0.4, -0.2) is 23.0 Å². The molecule has 1 aromatic heterocycles. The highest BCUT2D eigenvalue weighted by Gasteiger charge is 2.06. The molecule has 0 aliphatic rings. The number of benzene rings is 2. The minimum Gasteiger partial charge on any atom is -0.495 e. The van der Waals surface area contributed by atoms with E-state index in [0.29, 0.717) is 22.5 Å². The quantitative estimate of drug-likeness (QED) is 0.548. The van der Waals surface area contributed by atoms with Crippen molar-refractivity contribution in [3.63, 3.8) is 0 Å². The van der Waals surface area contributed by atoms with Gasteiger partial charge in [-0.3, -0.25) is 4.79 Å². The van der Waals surface area contributed by atoms with Crippen LogP contribution in [0.3, 0.4) is 0 Å². The second-order valence-electron chi connectivity index (χ2n) is 6.08. The van der Waals surface area contributed by atoms with Crippen LogP contribution in [0.15, 0.2) is 48.5 Å². The monoisotopic (exact) mass is 397 g/mol. The van der Waals surface area contributed by atoms with Crippen LogP contribution in [0.5, 0.6) is 5.75 Å². The van der Waals surface area contributed by atoms with E-state index in [1.165, 1.54) is 6.92 Å². The van der Waals surface area contributed by atoms with Crippen molar-refractivity contribution < 1.29 is 9.53 Å². The summed E-state index contributed by atoms with van der Waals surface area (Å²) in [6.07, 6.45) is 0. The van der Waals surface area contributed by atoms with Crippen LogP contribution in [0.4, 0.5) is 28.8 Å². The molecule has 0 atom stereocenters. The number of carbonyl (C=O) groups excluding carboxylic acids is 1. The van der Waals surface area contributed by atoms with Crippen molar-refractivity contribution in [2.24, 2.45) is 0 Å². The second kappa shape index (κ2) is 8.58. The third kappa shape index (κ3) is 5.11. The lowest BCUT2D eigenvalue weighted by Gasteiger charge is -2.11. The fourth-order valence-electron chi connectivity index (χ4n) is 2.55. The number of halogens is 1. The number of nitrogens with zero attached hydrogens (tertiary/aromatic N) is 2. The molecule has 1 heterocycles. The normalized spacial score (nSPS) is 10.3. The molecular weight excluding hydrogens is 378 g/mol. The highest BCUT2D eigenvalue weighted by Crippen LogP contribution is 2.29. The maximum atomic E-state index is 11.1. The predicted octanol–water partition coefficient (Wildman–Crippen LogP) is 4.89. The summed E-state index contributed by atoms with van der Waals surface area (Å²) in [5.41, 5.74) is 3.11. The van der Waals surface area contributed by atoms with Gasteiger partial charge in [0.15, 0.2) is 0 Å². The number of carbonyl (C=O) groups is 1. The maximum absolute atomic E-state index is 11.1. The van der Waals surface area contributed by atoms with E-state index in [-0.39, 0.29) is 5.91 Å². The highest BCUT2D eigenvalue weighted by molar-refractivity contribution is 6.32. The van der Waals surface area contributed by atoms with Gasteiger partial charge in [-0.05, 0) is 49.4 Å². The van der Waals surface area contributed by atoms with Crippen LogP contribution in [0.2, 0.25) is 5.02 Å². The number of amides is 1. The van der Waals surface area contributed by atoms with Crippen LogP contribution in [0.25, 0.3) is 0 Å². The van der Waals surface area contributed by atoms with E-state index < -0.39 is 0 Å². The van der Waals surface area contributed by atoms with Gasteiger partial charge < -0.3 is 20.7 Å². The van der Waals surface area contributed by atoms with E-state index in [9.17, 15) is 4.79 Å². The molecule has 0 unspecified atom stereocenters. The van der Waals surface area contributed by atoms with Crippen LogP contribution in [-0.2, 0) is 4.79 Å². The standard InChI is InChI=1S/C20H20ClN5O2/c1-12-10-19(24-16-8-9-18(28-3)17(21)11-16)26-20(22-12)25-15-6-4-14(5-7-15)23-13(2)27/h4-11H,1-3H3,(H,23,27)(H2,22,24,25,26). The van der Waals surface area contributed by atoms with Crippen LogP contribution in [0, 0.1) is 6.92 Å². The number of aromatic nitrogens is 2. The molecule has 2 aromatic carbocycles. The first-order chi connectivity index (χ1) is 13.4. The van der Waals surface area contributed by atoms with Gasteiger partial charge in [-0.15, -0.1) is 0 Å². The molecule has 0 aliphatic carbocycles. The smallest absolute Gasteiger partial charge is 0.229 e. The van der Waals surface area contributed by atoms with Gasteiger partial charge in [0, 0.05) is 35.7 Å². The Bertz CT molecular complexity index is 992. The van der Waals surface area contributed by atoms with Gasteiger partial charge in [-0.1, -0.05) is 11.6 Å². The number of rotatable bonds is 6. The summed E-state index contributed by atoms with van der Waals surface area (Å²) >= 11 is 6.17. The van der Waals surface area contributed by atoms with Crippen molar-refractivity contribution in [3.05, 3.63) is 59.2 Å². The van der Waals surface area contributed by atoms with E-state index in [1.807, 2.05) is 31.2 Å². The first-order valence-corrected chi connectivity index (χ1v) is 8.91. The Morgan fingerprint density at radius 3 is 2.29 bits per heavy atom. The third-order valence-electron chi connectivity index (χ3n) is 3.74. The van der Waals surface area contributed by atoms with Gasteiger partial charge >= 0.3 is 0 Å². The lowest BCUT2D eigenvalue weighted by molar-refractivity contribution is -0.114. The first-order valence-electron chi connectivity index (χ1n) is 8.54. The average molecular weight is 398 g/mol. The molecular formula is C20H20ClN5O2. The molecule has 0 saturated heterocycles. The molecule has 8 heteroatoms. The zero-order valence-electron chi connectivity index (χ0n) is 15.7. The number of methoxy groups -OCH3 is 1. The molecule has 0 saturated carbocycles. The fraction of sp³-hybridized carbons (Fsp3) is 0.150. The Balaban J connectivity index is 1.76. The Morgan fingerprint density at radius 2 is 1.64 bits per heavy atom. The van der Waals surface area contributed by atoms with E-state index in [2.05, 4.69) is 25.9 Å². The summed E-state index contributed by atoms with van der Waals surface area (Å²) in [7, 11) is 1.57. The molecule has 3 N–H and O–H groups in total. The Kier molecular flexibility index (Phi) is 5.96. The minimum atomic E-state index is -0.114. The Labute approximate surface area is 168 Å². The lowest BCUT2D eigenvalue weighted by Crippen LogP contribution is -2.06. The summed E-state index contributed by atoms with van der Waals surface area (Å²) in [4.78, 5) is 20.0. The number of hydrogen-bond acceptors (Lipinski definition) is 6. The van der Waals surface area contributed by atoms with Crippen molar-refractivity contribution in [2.45, 2.75) is 13.8 Å². The molecule has 0 fully saturated rings. The Morgan fingerprint density at radius 1 is 0.964 bits per heavy atom. The molecule has 144 valence electrons. The molecule has 0 spiro atoms. The summed E-state index contributed by atoms with van der Waals surface area (Å²) in [6, 6.07) is 14.5. The largest absolute Gasteiger partial charge is 0.495 e. The predicted molar refractivity (Wildman–Crippen MR) is 112 cm³/mol. The van der Waals surface area contributed by atoms with E-state index in [1.54, 1.807) is 31.4 Å². The van der Waals surface area contributed by atoms with Crippen molar-refractivity contribution in [2.75, 3.05) is 23.1 Å². The topological polar surface area (TPSA) is 88.2 Å². The Hall–Kier alpha value is -3.32. The third-order valence-corrected chi connectivity index (χ3v) is 4.04. The van der Waals surface area contributed by atoms with Crippen LogP contribution in [0.1, 0.15) is 12.6 Å². The molecule has 3 rings (SSSR count). The molecule has 28 heavy (non-hydrogen) atoms. The van der Waals surface area contributed by atoms with E-state index >= 15 is 0 Å². The number of aryl methyl sites for hydroxylation is 1. The van der Waals surface area contributed by atoms with Crippen molar-refractivity contribution >= 4 is 46.3 Å². The van der Waals surface area contributed by atoms with E-state index in [0.717, 1.165) is 22.8 Å². The summed E-state index contributed by atoms with van der Waals surface area (Å²) in [6.45, 7) is 3.36. The minimum absolute atomic E-state index is 0.114. The number of ether oxygens (including phenoxy) is 1. The molecule has 0 radical (unpaired) electrons. The molecule has 1 amide bonds. The van der Waals surface area contributed by atoms with Gasteiger partial charge in [-0.2, -0.15) is 4.98 Å². The number of nitrogens with one attached hydrogen (secondary N) is 3. The van der Waals surface area contributed by atoms with Crippen LogP contribution < -0.4 is 20.7 Å².